The summed E-state index contributed by atoms with van der Waals surface area (Å²) in [5, 5.41) is 26.1. The molecule has 0 bridgehead atoms. The number of amides is 5. The number of carbonyl (C=O) groups excluding carboxylic acids is 4. The Bertz CT molecular complexity index is 1380. The van der Waals surface area contributed by atoms with E-state index < -0.39 is 48.1 Å². The number of nitrogens with zero attached hydrogens (tertiary/aromatic N) is 2. The van der Waals surface area contributed by atoms with Crippen molar-refractivity contribution in [3.8, 4) is 0 Å². The second-order valence-corrected chi connectivity index (χ2v) is 13.4. The fraction of sp³-hybridized carbons (Fsp3) is 0.636. The Labute approximate surface area is 309 Å². The third-order valence-electron chi connectivity index (χ3n) is 8.05. The lowest BCUT2D eigenvalue weighted by atomic mass is 10.0. The molecule has 1 saturated heterocycles. The van der Waals surface area contributed by atoms with E-state index in [2.05, 4.69) is 31.5 Å². The number of hydrogen-bond donors (Lipinski definition) is 6. The first-order valence-corrected chi connectivity index (χ1v) is 18.3. The number of halogens is 3. The first-order valence-electron chi connectivity index (χ1n) is 17.2. The zero-order chi connectivity index (χ0) is 38.7. The average molecular weight is 775 g/mol. The van der Waals surface area contributed by atoms with Gasteiger partial charge in [0.05, 0.1) is 32.8 Å². The van der Waals surface area contributed by atoms with Crippen LogP contribution in [0.25, 0.3) is 0 Å². The highest BCUT2D eigenvalue weighted by atomic mass is 32.2. The van der Waals surface area contributed by atoms with Crippen molar-refractivity contribution < 1.29 is 56.5 Å². The molecule has 20 heteroatoms. The summed E-state index contributed by atoms with van der Waals surface area (Å²) in [5.41, 5.74) is 2.22. The summed E-state index contributed by atoms with van der Waals surface area (Å²) < 4.78 is 56.0. The molecule has 5 amide bonds. The SMILES string of the molecule is NC(=O)N[C@H]1[CH]CS[C@H]1CCCCC(=O)NCCCOCCOCCOCCCNC(=O)[C@@H](CC(=O)O)NC(=O)c1ccc(C2(C(F)(F)F)N=N2)cc1. The van der Waals surface area contributed by atoms with Crippen molar-refractivity contribution in [2.75, 3.05) is 58.5 Å². The summed E-state index contributed by atoms with van der Waals surface area (Å²) in [4.78, 5) is 59.6. The summed E-state index contributed by atoms with van der Waals surface area (Å²) in [6.45, 7) is 2.76. The molecule has 7 N–H and O–H groups in total. The van der Waals surface area contributed by atoms with Crippen LogP contribution in [-0.2, 0) is 34.3 Å². The predicted molar refractivity (Wildman–Crippen MR) is 186 cm³/mol. The summed E-state index contributed by atoms with van der Waals surface area (Å²) in [7, 11) is 0. The van der Waals surface area contributed by atoms with Gasteiger partial charge in [-0.1, -0.05) is 18.6 Å². The molecule has 0 aliphatic carbocycles. The molecule has 1 aromatic rings. The monoisotopic (exact) mass is 774 g/mol. The summed E-state index contributed by atoms with van der Waals surface area (Å²) in [6.07, 6.45) is 0.691. The van der Waals surface area contributed by atoms with Gasteiger partial charge in [-0.25, -0.2) is 4.79 Å². The van der Waals surface area contributed by atoms with E-state index in [-0.39, 0.29) is 41.5 Å². The number of rotatable bonds is 26. The number of carboxylic acid groups (broad SMARTS) is 1. The molecule has 3 atom stereocenters. The third-order valence-corrected chi connectivity index (χ3v) is 9.40. The molecule has 2 aliphatic heterocycles. The second kappa shape index (κ2) is 22.3. The van der Waals surface area contributed by atoms with Crippen molar-refractivity contribution in [1.29, 1.82) is 0 Å². The smallest absolute Gasteiger partial charge is 0.442 e. The number of urea groups is 1. The highest BCUT2D eigenvalue weighted by Crippen LogP contribution is 2.52. The number of carboxylic acids is 1. The largest absolute Gasteiger partial charge is 0.481 e. The van der Waals surface area contributed by atoms with Crippen LogP contribution in [0, 0.1) is 6.42 Å². The first kappa shape index (κ1) is 43.4. The van der Waals surface area contributed by atoms with E-state index in [0.717, 1.165) is 49.3 Å². The van der Waals surface area contributed by atoms with Gasteiger partial charge in [0.2, 0.25) is 11.8 Å². The minimum atomic E-state index is -4.73. The first-order chi connectivity index (χ1) is 25.3. The number of ether oxygens (including phenoxy) is 3. The van der Waals surface area contributed by atoms with Crippen LogP contribution in [-0.4, -0.2) is 117 Å². The van der Waals surface area contributed by atoms with Crippen molar-refractivity contribution in [3.63, 3.8) is 0 Å². The third kappa shape index (κ3) is 15.5. The van der Waals surface area contributed by atoms with Crippen molar-refractivity contribution in [2.24, 2.45) is 16.0 Å². The van der Waals surface area contributed by atoms with E-state index >= 15 is 0 Å². The summed E-state index contributed by atoms with van der Waals surface area (Å²) >= 11 is 1.78. The Morgan fingerprint density at radius 1 is 0.906 bits per heavy atom. The van der Waals surface area contributed by atoms with Gasteiger partial charge >= 0.3 is 23.8 Å². The maximum atomic E-state index is 13.2. The Hall–Kier alpha value is -4.01. The van der Waals surface area contributed by atoms with Crippen LogP contribution in [0.4, 0.5) is 18.0 Å². The van der Waals surface area contributed by atoms with Gasteiger partial charge in [0.1, 0.15) is 6.04 Å². The van der Waals surface area contributed by atoms with E-state index in [1.54, 1.807) is 11.8 Å². The number of hydrogen-bond acceptors (Lipinski definition) is 11. The molecule has 0 aromatic heterocycles. The normalized spacial score (nSPS) is 17.9. The zero-order valence-corrected chi connectivity index (χ0v) is 30.0. The van der Waals surface area contributed by atoms with Crippen molar-refractivity contribution in [1.82, 2.24) is 21.3 Å². The standard InChI is InChI=1S/C33H47F3N7O9S/c34-33(35,36)32(42-43-32)23-9-7-22(8-10-23)29(47)40-25(21-28(45)46)30(48)39-13-4-15-51-17-19-52-18-16-50-14-3-12-38-27(44)6-2-1-5-26-24(11-20-53-26)41-31(37)49/h7-11,24-26H,1-6,12-21H2,(H,38,44)(H,39,48)(H,40,47)(H,45,46)(H3,37,41,49)/t24-,25+,26-/m0/s1. The van der Waals surface area contributed by atoms with Crippen molar-refractivity contribution >= 4 is 41.5 Å². The van der Waals surface area contributed by atoms with Gasteiger partial charge in [-0.2, -0.15) is 24.9 Å². The number of unbranched alkanes of at least 4 members (excludes halogenated alkanes) is 1. The van der Waals surface area contributed by atoms with Crippen LogP contribution in [0.1, 0.15) is 60.9 Å². The van der Waals surface area contributed by atoms with Crippen molar-refractivity contribution in [2.45, 2.75) is 74.1 Å². The van der Waals surface area contributed by atoms with E-state index in [4.69, 9.17) is 19.9 Å². The van der Waals surface area contributed by atoms with Crippen LogP contribution >= 0.6 is 11.8 Å². The fourth-order valence-electron chi connectivity index (χ4n) is 5.21. The van der Waals surface area contributed by atoms with E-state index in [1.165, 1.54) is 0 Å². The molecule has 0 spiro atoms. The highest BCUT2D eigenvalue weighted by molar-refractivity contribution is 8.00. The number of carbonyl (C=O) groups is 5. The molecule has 2 aliphatic rings. The molecular formula is C33H47F3N7O9S. The molecule has 295 valence electrons. The van der Waals surface area contributed by atoms with Crippen molar-refractivity contribution in [3.05, 3.63) is 41.8 Å². The Kier molecular flexibility index (Phi) is 18.2. The second-order valence-electron chi connectivity index (χ2n) is 12.1. The number of nitrogens with two attached hydrogens (primary N) is 1. The number of benzene rings is 1. The van der Waals surface area contributed by atoms with Crippen LogP contribution in [0.2, 0.25) is 0 Å². The quantitative estimate of drug-likeness (QED) is 0.0753. The lowest BCUT2D eigenvalue weighted by Gasteiger charge is -2.18. The zero-order valence-electron chi connectivity index (χ0n) is 29.2. The molecule has 1 aromatic carbocycles. The molecule has 0 saturated carbocycles. The maximum absolute atomic E-state index is 13.2. The number of aliphatic carboxylic acids is 1. The summed E-state index contributed by atoms with van der Waals surface area (Å²) in [5.74, 6) is -2.04. The molecule has 1 radical (unpaired) electrons. The van der Waals surface area contributed by atoms with Gasteiger partial charge in [-0.3, -0.25) is 19.2 Å². The lowest BCUT2D eigenvalue weighted by molar-refractivity contribution is -0.166. The van der Waals surface area contributed by atoms with E-state index in [9.17, 15) is 42.3 Å². The molecule has 53 heavy (non-hydrogen) atoms. The Balaban J connectivity index is 1.14. The van der Waals surface area contributed by atoms with Gasteiger partial charge in [0.25, 0.3) is 5.91 Å². The van der Waals surface area contributed by atoms with Crippen LogP contribution in [0.3, 0.4) is 0 Å². The van der Waals surface area contributed by atoms with Gasteiger partial charge in [-0.05, 0) is 50.0 Å². The number of thioether (sulfide) groups is 1. The molecular weight excluding hydrogens is 727 g/mol. The van der Waals surface area contributed by atoms with E-state index in [0.29, 0.717) is 58.8 Å². The highest BCUT2D eigenvalue weighted by Gasteiger charge is 2.65. The van der Waals surface area contributed by atoms with Gasteiger partial charge in [0.15, 0.2) is 0 Å². The fourth-order valence-corrected chi connectivity index (χ4v) is 6.50. The number of alkyl halides is 3. The molecule has 16 nitrogen and oxygen atoms in total. The average Bonchev–Trinajstić information content (AvgIpc) is 3.83. The minimum absolute atomic E-state index is 0.00234. The number of primary amides is 1. The minimum Gasteiger partial charge on any atom is -0.481 e. The maximum Gasteiger partial charge on any atom is 0.442 e. The van der Waals surface area contributed by atoms with Gasteiger partial charge in [0, 0.05) is 55.1 Å². The topological polar surface area (TPSA) is 232 Å². The Morgan fingerprint density at radius 3 is 2.08 bits per heavy atom. The number of nitrogens with one attached hydrogen (secondary N) is 4. The Morgan fingerprint density at radius 2 is 1.51 bits per heavy atom. The van der Waals surface area contributed by atoms with Crippen LogP contribution in [0.5, 0.6) is 0 Å². The van der Waals surface area contributed by atoms with Gasteiger partial charge in [-0.15, -0.1) is 10.2 Å². The van der Waals surface area contributed by atoms with Crippen LogP contribution < -0.4 is 27.0 Å². The predicted octanol–water partition coefficient (Wildman–Crippen LogP) is 2.42. The molecule has 1 fully saturated rings. The molecule has 3 rings (SSSR count). The molecule has 0 unspecified atom stereocenters. The van der Waals surface area contributed by atoms with Gasteiger partial charge < -0.3 is 46.3 Å². The van der Waals surface area contributed by atoms with Crippen LogP contribution in [0.15, 0.2) is 34.5 Å². The lowest BCUT2D eigenvalue weighted by Crippen LogP contribution is -2.48. The molecule has 2 heterocycles. The van der Waals surface area contributed by atoms with E-state index in [1.807, 2.05) is 6.42 Å². The summed E-state index contributed by atoms with van der Waals surface area (Å²) in [6, 6.07) is 2.35.